The van der Waals surface area contributed by atoms with E-state index in [4.69, 9.17) is 0 Å². The number of nitrogens with one attached hydrogen (secondary N) is 2. The second-order valence-electron chi connectivity index (χ2n) is 5.42. The predicted molar refractivity (Wildman–Crippen MR) is 74.7 cm³/mol. The molecule has 2 heterocycles. The Balaban J connectivity index is 1.94. The number of piperidine rings is 1. The Kier molecular flexibility index (Phi) is 5.20. The minimum Gasteiger partial charge on any atom is -0.317 e. The zero-order valence-electron chi connectivity index (χ0n) is 11.7. The van der Waals surface area contributed by atoms with Crippen LogP contribution in [0.3, 0.4) is 0 Å². The SMILES string of the molecule is CCCCN(C)Cc1cn[nH]c1C1CCNCC1. The number of H-pyrrole nitrogens is 1. The van der Waals surface area contributed by atoms with Crippen molar-refractivity contribution in [3.05, 3.63) is 17.5 Å². The van der Waals surface area contributed by atoms with E-state index in [0.29, 0.717) is 5.92 Å². The Hall–Kier alpha value is -0.870. The molecular weight excluding hydrogens is 224 g/mol. The third-order valence-corrected chi connectivity index (χ3v) is 3.83. The molecule has 2 N–H and O–H groups in total. The van der Waals surface area contributed by atoms with Crippen LogP contribution >= 0.6 is 0 Å². The summed E-state index contributed by atoms with van der Waals surface area (Å²) < 4.78 is 0. The number of rotatable bonds is 6. The van der Waals surface area contributed by atoms with Crippen LogP contribution in [0.4, 0.5) is 0 Å². The van der Waals surface area contributed by atoms with E-state index < -0.39 is 0 Å². The lowest BCUT2D eigenvalue weighted by Crippen LogP contribution is -2.27. The number of aromatic nitrogens is 2. The van der Waals surface area contributed by atoms with Gasteiger partial charge in [-0.25, -0.2) is 0 Å². The van der Waals surface area contributed by atoms with E-state index in [1.807, 2.05) is 6.20 Å². The van der Waals surface area contributed by atoms with Crippen LogP contribution in [0.2, 0.25) is 0 Å². The Morgan fingerprint density at radius 2 is 2.17 bits per heavy atom. The molecule has 0 saturated carbocycles. The van der Waals surface area contributed by atoms with Gasteiger partial charge < -0.3 is 10.2 Å². The van der Waals surface area contributed by atoms with E-state index in [1.54, 1.807) is 0 Å². The molecule has 0 radical (unpaired) electrons. The molecule has 1 fully saturated rings. The van der Waals surface area contributed by atoms with E-state index in [0.717, 1.165) is 19.6 Å². The summed E-state index contributed by atoms with van der Waals surface area (Å²) >= 11 is 0. The van der Waals surface area contributed by atoms with Crippen LogP contribution in [-0.2, 0) is 6.54 Å². The van der Waals surface area contributed by atoms with Crippen LogP contribution in [0.25, 0.3) is 0 Å². The Morgan fingerprint density at radius 1 is 1.39 bits per heavy atom. The van der Waals surface area contributed by atoms with Crippen molar-refractivity contribution in [1.29, 1.82) is 0 Å². The van der Waals surface area contributed by atoms with E-state index in [1.165, 1.54) is 43.5 Å². The second kappa shape index (κ2) is 6.90. The molecule has 0 aromatic carbocycles. The summed E-state index contributed by atoms with van der Waals surface area (Å²) in [4.78, 5) is 2.40. The van der Waals surface area contributed by atoms with Crippen LogP contribution in [0.5, 0.6) is 0 Å². The molecule has 0 spiro atoms. The molecule has 0 aliphatic carbocycles. The lowest BCUT2D eigenvalue weighted by Gasteiger charge is -2.24. The van der Waals surface area contributed by atoms with Crippen LogP contribution in [0.1, 0.15) is 49.8 Å². The van der Waals surface area contributed by atoms with Crippen molar-refractivity contribution >= 4 is 0 Å². The van der Waals surface area contributed by atoms with E-state index in [2.05, 4.69) is 34.4 Å². The van der Waals surface area contributed by atoms with Crippen molar-refractivity contribution in [2.24, 2.45) is 0 Å². The molecule has 0 unspecified atom stereocenters. The predicted octanol–water partition coefficient (Wildman–Crippen LogP) is 2.11. The zero-order valence-corrected chi connectivity index (χ0v) is 11.7. The maximum absolute atomic E-state index is 4.26. The third kappa shape index (κ3) is 3.56. The summed E-state index contributed by atoms with van der Waals surface area (Å²) in [5.41, 5.74) is 2.76. The van der Waals surface area contributed by atoms with Crippen molar-refractivity contribution in [2.45, 2.75) is 45.1 Å². The van der Waals surface area contributed by atoms with Gasteiger partial charge in [0.15, 0.2) is 0 Å². The average molecular weight is 250 g/mol. The fraction of sp³-hybridized carbons (Fsp3) is 0.786. The van der Waals surface area contributed by atoms with Crippen LogP contribution in [0, 0.1) is 0 Å². The molecule has 1 aromatic rings. The fourth-order valence-corrected chi connectivity index (χ4v) is 2.71. The standard InChI is InChI=1S/C14H26N4/c1-3-4-9-18(2)11-13-10-16-17-14(13)12-5-7-15-8-6-12/h10,12,15H,3-9,11H2,1-2H3,(H,16,17). The first-order valence-electron chi connectivity index (χ1n) is 7.22. The highest BCUT2D eigenvalue weighted by molar-refractivity contribution is 5.21. The summed E-state index contributed by atoms with van der Waals surface area (Å²) in [7, 11) is 2.20. The monoisotopic (exact) mass is 250 g/mol. The van der Waals surface area contributed by atoms with Gasteiger partial charge in [0.2, 0.25) is 0 Å². The minimum atomic E-state index is 0.670. The number of unbranched alkanes of at least 4 members (excludes halogenated alkanes) is 1. The first-order chi connectivity index (χ1) is 8.81. The summed E-state index contributed by atoms with van der Waals surface area (Å²) in [5.74, 6) is 0.670. The van der Waals surface area contributed by atoms with Gasteiger partial charge in [0, 0.05) is 23.7 Å². The quantitative estimate of drug-likeness (QED) is 0.812. The Morgan fingerprint density at radius 3 is 2.89 bits per heavy atom. The minimum absolute atomic E-state index is 0.670. The molecule has 1 aliphatic rings. The van der Waals surface area contributed by atoms with Gasteiger partial charge in [-0.2, -0.15) is 5.10 Å². The number of aromatic amines is 1. The van der Waals surface area contributed by atoms with Gasteiger partial charge in [0.1, 0.15) is 0 Å². The molecule has 0 atom stereocenters. The number of hydrogen-bond acceptors (Lipinski definition) is 3. The van der Waals surface area contributed by atoms with Crippen LogP contribution < -0.4 is 5.32 Å². The normalized spacial score (nSPS) is 17.5. The van der Waals surface area contributed by atoms with Crippen LogP contribution in [0.15, 0.2) is 6.20 Å². The lowest BCUT2D eigenvalue weighted by molar-refractivity contribution is 0.318. The van der Waals surface area contributed by atoms with Crippen molar-refractivity contribution < 1.29 is 0 Å². The summed E-state index contributed by atoms with van der Waals surface area (Å²) in [6.45, 7) is 6.71. The maximum Gasteiger partial charge on any atom is 0.0535 e. The molecule has 0 bridgehead atoms. The molecule has 4 heteroatoms. The topological polar surface area (TPSA) is 44.0 Å². The zero-order chi connectivity index (χ0) is 12.8. The molecule has 0 amide bonds. The fourth-order valence-electron chi connectivity index (χ4n) is 2.71. The second-order valence-corrected chi connectivity index (χ2v) is 5.42. The smallest absolute Gasteiger partial charge is 0.0535 e. The maximum atomic E-state index is 4.26. The van der Waals surface area contributed by atoms with E-state index in [-0.39, 0.29) is 0 Å². The van der Waals surface area contributed by atoms with Crippen molar-refractivity contribution in [1.82, 2.24) is 20.4 Å². The van der Waals surface area contributed by atoms with Gasteiger partial charge in [0.25, 0.3) is 0 Å². The molecule has 102 valence electrons. The summed E-state index contributed by atoms with van der Waals surface area (Å²) in [6.07, 6.45) is 7.01. The van der Waals surface area contributed by atoms with Gasteiger partial charge in [-0.15, -0.1) is 0 Å². The van der Waals surface area contributed by atoms with Crippen molar-refractivity contribution in [3.8, 4) is 0 Å². The van der Waals surface area contributed by atoms with Gasteiger partial charge in [-0.05, 0) is 45.9 Å². The Labute approximate surface area is 110 Å². The van der Waals surface area contributed by atoms with Crippen LogP contribution in [-0.4, -0.2) is 41.8 Å². The average Bonchev–Trinajstić information content (AvgIpc) is 2.85. The van der Waals surface area contributed by atoms with Crippen molar-refractivity contribution in [2.75, 3.05) is 26.7 Å². The van der Waals surface area contributed by atoms with Gasteiger partial charge in [-0.3, -0.25) is 5.10 Å². The van der Waals surface area contributed by atoms with Gasteiger partial charge in [0.05, 0.1) is 6.20 Å². The first-order valence-corrected chi connectivity index (χ1v) is 7.22. The number of nitrogens with zero attached hydrogens (tertiary/aromatic N) is 2. The lowest BCUT2D eigenvalue weighted by atomic mass is 9.92. The number of hydrogen-bond donors (Lipinski definition) is 2. The summed E-state index contributed by atoms with van der Waals surface area (Å²) in [5, 5.41) is 10.9. The summed E-state index contributed by atoms with van der Waals surface area (Å²) in [6, 6.07) is 0. The third-order valence-electron chi connectivity index (χ3n) is 3.83. The highest BCUT2D eigenvalue weighted by Gasteiger charge is 2.20. The Bertz CT molecular complexity index is 341. The molecule has 2 rings (SSSR count). The molecule has 4 nitrogen and oxygen atoms in total. The molecule has 18 heavy (non-hydrogen) atoms. The van der Waals surface area contributed by atoms with Crippen molar-refractivity contribution in [3.63, 3.8) is 0 Å². The highest BCUT2D eigenvalue weighted by atomic mass is 15.1. The molecule has 1 aliphatic heterocycles. The van der Waals surface area contributed by atoms with Gasteiger partial charge >= 0.3 is 0 Å². The van der Waals surface area contributed by atoms with E-state index in [9.17, 15) is 0 Å². The molecule has 1 aromatic heterocycles. The highest BCUT2D eigenvalue weighted by Crippen LogP contribution is 2.26. The molecular formula is C14H26N4. The van der Waals surface area contributed by atoms with E-state index >= 15 is 0 Å². The first kappa shape index (κ1) is 13.6. The molecule has 1 saturated heterocycles. The largest absolute Gasteiger partial charge is 0.317 e. The van der Waals surface area contributed by atoms with Gasteiger partial charge in [-0.1, -0.05) is 13.3 Å².